The van der Waals surface area contributed by atoms with Gasteiger partial charge in [-0.15, -0.1) is 0 Å². The monoisotopic (exact) mass is 440 g/mol. The summed E-state index contributed by atoms with van der Waals surface area (Å²) in [6.07, 6.45) is 23.6. The first-order chi connectivity index (χ1) is 14.9. The molecule has 0 heterocycles. The van der Waals surface area contributed by atoms with Crippen LogP contribution in [0, 0.1) is 0 Å². The fourth-order valence-electron chi connectivity index (χ4n) is 3.21. The summed E-state index contributed by atoms with van der Waals surface area (Å²) in [5, 5.41) is 10.8. The van der Waals surface area contributed by atoms with E-state index in [9.17, 15) is 9.59 Å². The van der Waals surface area contributed by atoms with E-state index >= 15 is 0 Å². The van der Waals surface area contributed by atoms with E-state index in [0.717, 1.165) is 12.8 Å². The van der Waals surface area contributed by atoms with Gasteiger partial charge in [-0.2, -0.15) is 0 Å². The number of allylic oxidation sites excluding steroid dienone is 2. The minimum Gasteiger partial charge on any atom is -0.481 e. The molecule has 1 unspecified atom stereocenters. The largest absolute Gasteiger partial charge is 0.481 e. The third-order valence-corrected chi connectivity index (χ3v) is 5.31. The molecule has 31 heavy (non-hydrogen) atoms. The van der Waals surface area contributed by atoms with Gasteiger partial charge in [0, 0.05) is 12.8 Å². The Morgan fingerprint density at radius 3 is 1.68 bits per heavy atom. The first-order valence-electron chi connectivity index (χ1n) is 12.7. The second kappa shape index (κ2) is 24.9. The van der Waals surface area contributed by atoms with E-state index in [-0.39, 0.29) is 18.5 Å². The first-order valence-corrected chi connectivity index (χ1v) is 12.7. The Morgan fingerprint density at radius 1 is 0.806 bits per heavy atom. The molecule has 5 heteroatoms. The number of amides is 1. The summed E-state index contributed by atoms with van der Waals surface area (Å²) in [5.41, 5.74) is 0. The molecule has 0 aromatic rings. The Bertz CT molecular complexity index is 436. The molecule has 1 amide bonds. The molecule has 184 valence electrons. The number of hydrogen-bond donors (Lipinski definition) is 2. The highest BCUT2D eigenvalue weighted by Crippen LogP contribution is 2.10. The van der Waals surface area contributed by atoms with Gasteiger partial charge in [0.05, 0.1) is 6.17 Å². The highest BCUT2D eigenvalue weighted by molar-refractivity contribution is 5.76. The van der Waals surface area contributed by atoms with Gasteiger partial charge < -0.3 is 10.4 Å². The van der Waals surface area contributed by atoms with Gasteiger partial charge in [-0.25, -0.2) is 0 Å². The zero-order chi connectivity index (χ0) is 23.7. The molecule has 0 saturated carbocycles. The van der Waals surface area contributed by atoms with Crippen molar-refractivity contribution in [2.75, 3.05) is 14.1 Å². The topological polar surface area (TPSA) is 69.6 Å². The van der Waals surface area contributed by atoms with E-state index in [1.165, 1.54) is 77.0 Å². The lowest BCUT2D eigenvalue weighted by Gasteiger charge is -2.23. The molecule has 0 saturated heterocycles. The summed E-state index contributed by atoms with van der Waals surface area (Å²) >= 11 is 0. The van der Waals surface area contributed by atoms with Gasteiger partial charge in [-0.3, -0.25) is 14.5 Å². The maximum Gasteiger partial charge on any atom is 0.303 e. The molecule has 1 atom stereocenters. The van der Waals surface area contributed by atoms with Gasteiger partial charge in [0.25, 0.3) is 0 Å². The molecule has 0 aliphatic heterocycles. The van der Waals surface area contributed by atoms with Crippen LogP contribution in [0.25, 0.3) is 0 Å². The van der Waals surface area contributed by atoms with Crippen molar-refractivity contribution in [3.8, 4) is 0 Å². The SMILES string of the molecule is CCC(=O)O.CCCCCCCCC=CCCCCCCCC(=O)NC(CC)N(C)C. The van der Waals surface area contributed by atoms with Crippen LogP contribution in [0.1, 0.15) is 124 Å². The van der Waals surface area contributed by atoms with E-state index < -0.39 is 5.97 Å². The molecule has 0 radical (unpaired) electrons. The molecule has 2 N–H and O–H groups in total. The predicted molar refractivity (Wildman–Crippen MR) is 133 cm³/mol. The van der Waals surface area contributed by atoms with Crippen LogP contribution in [0.4, 0.5) is 0 Å². The van der Waals surface area contributed by atoms with Crippen LogP contribution in [0.2, 0.25) is 0 Å². The smallest absolute Gasteiger partial charge is 0.303 e. The average Bonchev–Trinajstić information content (AvgIpc) is 2.74. The number of nitrogens with zero attached hydrogens (tertiary/aromatic N) is 1. The fourth-order valence-corrected chi connectivity index (χ4v) is 3.21. The third kappa shape index (κ3) is 26.6. The van der Waals surface area contributed by atoms with Gasteiger partial charge in [0.1, 0.15) is 0 Å². The molecule has 0 aliphatic carbocycles. The van der Waals surface area contributed by atoms with E-state index in [1.54, 1.807) is 6.92 Å². The van der Waals surface area contributed by atoms with Crippen molar-refractivity contribution in [2.45, 2.75) is 130 Å². The lowest BCUT2D eigenvalue weighted by atomic mass is 10.1. The number of hydrogen-bond acceptors (Lipinski definition) is 3. The number of unbranched alkanes of at least 4 members (excludes halogenated alkanes) is 11. The number of carbonyl (C=O) groups is 2. The summed E-state index contributed by atoms with van der Waals surface area (Å²) < 4.78 is 0. The third-order valence-electron chi connectivity index (χ3n) is 5.31. The number of carboxylic acids is 1. The zero-order valence-electron chi connectivity index (χ0n) is 21.3. The minimum atomic E-state index is -0.745. The van der Waals surface area contributed by atoms with Gasteiger partial charge >= 0.3 is 5.97 Å². The van der Waals surface area contributed by atoms with Gasteiger partial charge in [0.2, 0.25) is 5.91 Å². The Kier molecular flexibility index (Phi) is 25.6. The molecule has 0 rings (SSSR count). The van der Waals surface area contributed by atoms with Crippen molar-refractivity contribution in [1.29, 1.82) is 0 Å². The average molecular weight is 441 g/mol. The van der Waals surface area contributed by atoms with Crippen LogP contribution in [0.5, 0.6) is 0 Å². The quantitative estimate of drug-likeness (QED) is 0.130. The molecular weight excluding hydrogens is 388 g/mol. The van der Waals surface area contributed by atoms with Gasteiger partial charge in [-0.1, -0.05) is 84.3 Å². The zero-order valence-corrected chi connectivity index (χ0v) is 21.3. The Hall–Kier alpha value is -1.36. The number of rotatable bonds is 19. The molecule has 0 spiro atoms. The van der Waals surface area contributed by atoms with Crippen LogP contribution in [-0.4, -0.2) is 42.1 Å². The fraction of sp³-hybridized carbons (Fsp3) is 0.846. The van der Waals surface area contributed by atoms with E-state index in [0.29, 0.717) is 6.42 Å². The number of aliphatic carboxylic acids is 1. The first kappa shape index (κ1) is 31.8. The molecular formula is C26H52N2O3. The summed E-state index contributed by atoms with van der Waals surface area (Å²) in [6.45, 7) is 5.98. The maximum absolute atomic E-state index is 11.9. The number of nitrogens with one attached hydrogen (secondary N) is 1. The van der Waals surface area contributed by atoms with Crippen molar-refractivity contribution < 1.29 is 14.7 Å². The van der Waals surface area contributed by atoms with Crippen LogP contribution < -0.4 is 5.32 Å². The van der Waals surface area contributed by atoms with Crippen LogP contribution in [-0.2, 0) is 9.59 Å². The van der Waals surface area contributed by atoms with Crippen molar-refractivity contribution in [3.63, 3.8) is 0 Å². The maximum atomic E-state index is 11.9. The van der Waals surface area contributed by atoms with E-state index in [1.807, 2.05) is 14.1 Å². The summed E-state index contributed by atoms with van der Waals surface area (Å²) in [7, 11) is 4.02. The van der Waals surface area contributed by atoms with Crippen LogP contribution >= 0.6 is 0 Å². The molecule has 5 nitrogen and oxygen atoms in total. The Balaban J connectivity index is 0. The normalized spacial score (nSPS) is 11.9. The second-order valence-corrected chi connectivity index (χ2v) is 8.54. The van der Waals surface area contributed by atoms with Gasteiger partial charge in [0.15, 0.2) is 0 Å². The molecule has 0 aliphatic rings. The summed E-state index contributed by atoms with van der Waals surface area (Å²) in [5.74, 6) is -0.548. The van der Waals surface area contributed by atoms with Crippen molar-refractivity contribution in [1.82, 2.24) is 10.2 Å². The minimum absolute atomic E-state index is 0.172. The van der Waals surface area contributed by atoms with Crippen LogP contribution in [0.15, 0.2) is 12.2 Å². The second-order valence-electron chi connectivity index (χ2n) is 8.54. The predicted octanol–water partition coefficient (Wildman–Crippen LogP) is 6.92. The highest BCUT2D eigenvalue weighted by atomic mass is 16.4. The lowest BCUT2D eigenvalue weighted by molar-refractivity contribution is -0.136. The van der Waals surface area contributed by atoms with E-state index in [4.69, 9.17) is 5.11 Å². The Morgan fingerprint density at radius 2 is 1.26 bits per heavy atom. The lowest BCUT2D eigenvalue weighted by Crippen LogP contribution is -2.44. The highest BCUT2D eigenvalue weighted by Gasteiger charge is 2.11. The van der Waals surface area contributed by atoms with Crippen molar-refractivity contribution in [3.05, 3.63) is 12.2 Å². The molecule has 0 aromatic carbocycles. The molecule has 0 fully saturated rings. The number of carbonyl (C=O) groups excluding carboxylic acids is 1. The van der Waals surface area contributed by atoms with E-state index in [2.05, 4.69) is 36.2 Å². The van der Waals surface area contributed by atoms with Crippen molar-refractivity contribution >= 4 is 11.9 Å². The molecule has 0 bridgehead atoms. The summed E-state index contributed by atoms with van der Waals surface area (Å²) in [6, 6.07) is 0. The standard InChI is InChI=1S/C23H46N2O.C3H6O2/c1-5-7-8-9-10-11-12-13-14-15-16-17-18-19-20-21-23(26)24-22(6-2)25(3)4;1-2-3(4)5/h13-14,22H,5-12,15-21H2,1-4H3,(H,24,26);2H2,1H3,(H,4,5). The number of carboxylic acid groups (broad SMARTS) is 1. The van der Waals surface area contributed by atoms with Crippen molar-refractivity contribution in [2.24, 2.45) is 0 Å². The Labute approximate surface area is 193 Å². The summed E-state index contributed by atoms with van der Waals surface area (Å²) in [4.78, 5) is 23.3. The van der Waals surface area contributed by atoms with Crippen LogP contribution in [0.3, 0.4) is 0 Å². The van der Waals surface area contributed by atoms with Gasteiger partial charge in [-0.05, 0) is 52.6 Å². The molecule has 0 aromatic heterocycles.